The molecule has 0 aliphatic carbocycles. The second kappa shape index (κ2) is 5.31. The number of aliphatic carboxylic acids is 1. The van der Waals surface area contributed by atoms with Gasteiger partial charge in [-0.25, -0.2) is 4.98 Å². The van der Waals surface area contributed by atoms with Crippen LogP contribution in [0.15, 0.2) is 28.7 Å². The fraction of sp³-hybridized carbons (Fsp3) is 0.308. The molecule has 0 saturated carbocycles. The molecular weight excluding hydrogens is 301 g/mol. The third kappa shape index (κ3) is 2.19. The molecule has 4 heterocycles. The fourth-order valence-electron chi connectivity index (χ4n) is 2.82. The molecule has 0 aromatic carbocycles. The molecule has 1 saturated heterocycles. The van der Waals surface area contributed by atoms with Crippen molar-refractivity contribution in [1.29, 1.82) is 0 Å². The van der Waals surface area contributed by atoms with Gasteiger partial charge in [-0.05, 0) is 12.5 Å². The molecule has 4 rings (SSSR count). The van der Waals surface area contributed by atoms with Crippen LogP contribution in [0.4, 0.5) is 0 Å². The van der Waals surface area contributed by atoms with Crippen molar-refractivity contribution in [2.45, 2.75) is 24.2 Å². The van der Waals surface area contributed by atoms with Gasteiger partial charge in [0.2, 0.25) is 0 Å². The monoisotopic (exact) mass is 311 g/mol. The van der Waals surface area contributed by atoms with Gasteiger partial charge in [0, 0.05) is 24.1 Å². The van der Waals surface area contributed by atoms with Crippen molar-refractivity contribution >= 4 is 29.7 Å². The van der Waals surface area contributed by atoms with Gasteiger partial charge in [0.15, 0.2) is 5.16 Å². The number of amides is 1. The number of carbonyl (C=O) groups excluding carboxylic acids is 2. The third-order valence-corrected chi connectivity index (χ3v) is 4.74. The average Bonchev–Trinajstić information content (AvgIpc) is 3.07. The summed E-state index contributed by atoms with van der Waals surface area (Å²) in [4.78, 5) is 28.6. The number of carboxylic acids is 1. The number of hydrogen-bond acceptors (Lipinski definition) is 5. The van der Waals surface area contributed by atoms with Gasteiger partial charge in [0.25, 0.3) is 5.91 Å². The van der Waals surface area contributed by atoms with E-state index in [0.29, 0.717) is 12.0 Å². The zero-order valence-electron chi connectivity index (χ0n) is 11.4. The molecular formula is C13H10N3NaO3S. The molecule has 102 valence electrons. The van der Waals surface area contributed by atoms with Crippen LogP contribution in [0.3, 0.4) is 0 Å². The van der Waals surface area contributed by atoms with Gasteiger partial charge >= 0.3 is 29.6 Å². The van der Waals surface area contributed by atoms with Crippen LogP contribution in [0.25, 0.3) is 6.08 Å². The molecule has 6 nitrogen and oxygen atoms in total. The van der Waals surface area contributed by atoms with E-state index in [1.807, 2.05) is 6.20 Å². The molecule has 1 atom stereocenters. The van der Waals surface area contributed by atoms with Crippen LogP contribution in [0.2, 0.25) is 0 Å². The van der Waals surface area contributed by atoms with E-state index in [2.05, 4.69) is 9.55 Å². The number of β-lactam (4-membered cyclic amide) rings is 1. The molecule has 0 radical (unpaired) electrons. The minimum absolute atomic E-state index is 0. The van der Waals surface area contributed by atoms with Gasteiger partial charge in [-0.1, -0.05) is 17.8 Å². The number of fused-ring (bicyclic) bond motifs is 2. The molecule has 0 N–H and O–H groups in total. The maximum absolute atomic E-state index is 12.0. The molecule has 8 heteroatoms. The molecule has 1 fully saturated rings. The topological polar surface area (TPSA) is 78.3 Å². The summed E-state index contributed by atoms with van der Waals surface area (Å²) in [5, 5.41) is 11.9. The Balaban J connectivity index is 0.00000132. The van der Waals surface area contributed by atoms with Crippen LogP contribution < -0.4 is 34.7 Å². The predicted octanol–water partition coefficient (Wildman–Crippen LogP) is -3.38. The van der Waals surface area contributed by atoms with Gasteiger partial charge in [0.1, 0.15) is 0 Å². The van der Waals surface area contributed by atoms with Crippen LogP contribution in [0.5, 0.6) is 0 Å². The average molecular weight is 311 g/mol. The van der Waals surface area contributed by atoms with Crippen LogP contribution in [-0.2, 0) is 16.1 Å². The van der Waals surface area contributed by atoms with E-state index in [4.69, 9.17) is 0 Å². The molecule has 3 aliphatic heterocycles. The summed E-state index contributed by atoms with van der Waals surface area (Å²) in [5.41, 5.74) is 1.37. The summed E-state index contributed by atoms with van der Waals surface area (Å²) >= 11 is 1.70. The molecule has 21 heavy (non-hydrogen) atoms. The van der Waals surface area contributed by atoms with Crippen molar-refractivity contribution in [3.8, 4) is 0 Å². The maximum Gasteiger partial charge on any atom is 1.00 e. The van der Waals surface area contributed by atoms with E-state index in [1.54, 1.807) is 23.9 Å². The van der Waals surface area contributed by atoms with Crippen LogP contribution in [0.1, 0.15) is 12.1 Å². The van der Waals surface area contributed by atoms with Crippen molar-refractivity contribution in [3.63, 3.8) is 0 Å². The van der Waals surface area contributed by atoms with Crippen LogP contribution in [0, 0.1) is 0 Å². The minimum atomic E-state index is -1.29. The standard InChI is InChI=1S/C13H11N3O3S.Na/c17-11-8(9-1-2-10(12(18)19)16(9)11)5-7-6-15-3-4-20-13(15)14-7;/h2,5-6,9H,1,3-4H2,(H,18,19);/q;+1/p-1/b8-5+;. The summed E-state index contributed by atoms with van der Waals surface area (Å²) in [6, 6.07) is -0.167. The molecule has 1 aromatic heterocycles. The Morgan fingerprint density at radius 2 is 2.33 bits per heavy atom. The SMILES string of the molecule is O=C([O-])C1=CCC2/C(=C\c3cn4c(n3)SCC4)C(=O)N12.[Na+]. The Hall–Kier alpha value is -1.02. The van der Waals surface area contributed by atoms with Crippen molar-refractivity contribution in [2.75, 3.05) is 5.75 Å². The Kier molecular flexibility index (Phi) is 3.77. The smallest absolute Gasteiger partial charge is 0.543 e. The van der Waals surface area contributed by atoms with Crippen molar-refractivity contribution in [3.05, 3.63) is 29.2 Å². The summed E-state index contributed by atoms with van der Waals surface area (Å²) in [6.45, 7) is 0.941. The van der Waals surface area contributed by atoms with Crippen molar-refractivity contribution in [1.82, 2.24) is 14.5 Å². The normalized spacial score (nSPS) is 24.3. The first kappa shape index (κ1) is 14.9. The van der Waals surface area contributed by atoms with Gasteiger partial charge in [0.05, 0.1) is 23.4 Å². The summed E-state index contributed by atoms with van der Waals surface area (Å²) in [7, 11) is 0. The zero-order chi connectivity index (χ0) is 13.9. The predicted molar refractivity (Wildman–Crippen MR) is 69.3 cm³/mol. The second-order valence-electron chi connectivity index (χ2n) is 4.89. The van der Waals surface area contributed by atoms with Gasteiger partial charge in [-0.15, -0.1) is 0 Å². The number of thioether (sulfide) groups is 1. The molecule has 0 spiro atoms. The van der Waals surface area contributed by atoms with Gasteiger partial charge in [-0.2, -0.15) is 0 Å². The van der Waals surface area contributed by atoms with E-state index in [9.17, 15) is 14.7 Å². The zero-order valence-corrected chi connectivity index (χ0v) is 14.2. The first-order valence-electron chi connectivity index (χ1n) is 6.32. The number of nitrogens with zero attached hydrogens (tertiary/aromatic N) is 3. The van der Waals surface area contributed by atoms with Crippen LogP contribution in [-0.4, -0.2) is 38.1 Å². The molecule has 1 amide bonds. The number of rotatable bonds is 2. The fourth-order valence-corrected chi connectivity index (χ4v) is 3.78. The van der Waals surface area contributed by atoms with E-state index >= 15 is 0 Å². The molecule has 3 aliphatic rings. The Labute approximate surface area is 147 Å². The van der Waals surface area contributed by atoms with Crippen molar-refractivity contribution < 1.29 is 44.3 Å². The number of carbonyl (C=O) groups is 2. The Bertz CT molecular complexity index is 688. The van der Waals surface area contributed by atoms with E-state index in [1.165, 1.54) is 4.90 Å². The summed E-state index contributed by atoms with van der Waals surface area (Å²) in [6.07, 6.45) is 5.77. The van der Waals surface area contributed by atoms with E-state index < -0.39 is 5.97 Å². The Morgan fingerprint density at radius 1 is 1.52 bits per heavy atom. The van der Waals surface area contributed by atoms with Gasteiger partial charge < -0.3 is 14.5 Å². The number of aromatic nitrogens is 2. The van der Waals surface area contributed by atoms with E-state index in [-0.39, 0.29) is 47.2 Å². The first-order valence-corrected chi connectivity index (χ1v) is 7.30. The number of aryl methyl sites for hydroxylation is 1. The molecule has 1 unspecified atom stereocenters. The minimum Gasteiger partial charge on any atom is -0.543 e. The second-order valence-corrected chi connectivity index (χ2v) is 5.96. The van der Waals surface area contributed by atoms with Crippen LogP contribution >= 0.6 is 11.8 Å². The largest absolute Gasteiger partial charge is 1.00 e. The Morgan fingerprint density at radius 3 is 3.05 bits per heavy atom. The summed E-state index contributed by atoms with van der Waals surface area (Å²) < 4.78 is 2.07. The number of imidazole rings is 1. The number of hydrogen-bond donors (Lipinski definition) is 0. The summed E-state index contributed by atoms with van der Waals surface area (Å²) in [5.74, 6) is -0.519. The van der Waals surface area contributed by atoms with E-state index in [0.717, 1.165) is 23.1 Å². The van der Waals surface area contributed by atoms with Crippen molar-refractivity contribution in [2.24, 2.45) is 0 Å². The quantitative estimate of drug-likeness (QED) is 0.324. The third-order valence-electron chi connectivity index (χ3n) is 3.76. The first-order chi connectivity index (χ1) is 9.65. The molecule has 1 aromatic rings. The number of carboxylic acid groups (broad SMARTS) is 1. The van der Waals surface area contributed by atoms with Gasteiger partial charge in [-0.3, -0.25) is 9.69 Å². The molecule has 0 bridgehead atoms. The maximum atomic E-state index is 12.0.